The number of methoxy groups -OCH3 is 1. The molecule has 4 nitrogen and oxygen atoms in total. The van der Waals surface area contributed by atoms with Crippen molar-refractivity contribution in [1.82, 2.24) is 4.90 Å². The van der Waals surface area contributed by atoms with Crippen molar-refractivity contribution < 1.29 is 14.6 Å². The van der Waals surface area contributed by atoms with Crippen LogP contribution >= 0.6 is 11.6 Å². The molecule has 2 aromatic rings. The minimum absolute atomic E-state index is 0.122. The van der Waals surface area contributed by atoms with Gasteiger partial charge >= 0.3 is 0 Å². The lowest BCUT2D eigenvalue weighted by Crippen LogP contribution is -2.32. The number of aromatic hydroxyl groups is 1. The van der Waals surface area contributed by atoms with Gasteiger partial charge in [-0.15, -0.1) is 0 Å². The molecule has 1 aliphatic heterocycles. The summed E-state index contributed by atoms with van der Waals surface area (Å²) in [6.45, 7) is 4.47. The summed E-state index contributed by atoms with van der Waals surface area (Å²) in [6.07, 6.45) is 1.05. The van der Waals surface area contributed by atoms with E-state index in [1.54, 1.807) is 19.2 Å². The quantitative estimate of drug-likeness (QED) is 0.898. The van der Waals surface area contributed by atoms with Crippen LogP contribution in [0.2, 0.25) is 5.02 Å². The maximum atomic E-state index is 9.98. The van der Waals surface area contributed by atoms with Gasteiger partial charge in [0.25, 0.3) is 0 Å². The van der Waals surface area contributed by atoms with Crippen LogP contribution in [0.1, 0.15) is 24.5 Å². The molecule has 2 aromatic carbocycles. The van der Waals surface area contributed by atoms with Gasteiger partial charge in [0.1, 0.15) is 11.9 Å². The lowest BCUT2D eigenvalue weighted by atomic mass is 10.1. The second-order valence-electron chi connectivity index (χ2n) is 6.08. The van der Waals surface area contributed by atoms with E-state index in [1.165, 1.54) is 0 Å². The molecule has 0 saturated carbocycles. The summed E-state index contributed by atoms with van der Waals surface area (Å²) in [5, 5.41) is 10.7. The molecule has 128 valence electrons. The second kappa shape index (κ2) is 7.32. The van der Waals surface area contributed by atoms with E-state index in [2.05, 4.69) is 11.8 Å². The average molecular weight is 348 g/mol. The van der Waals surface area contributed by atoms with Crippen LogP contribution in [-0.2, 0) is 13.1 Å². The number of fused-ring (bicyclic) bond motifs is 1. The van der Waals surface area contributed by atoms with Crippen molar-refractivity contribution in [2.45, 2.75) is 32.5 Å². The Kier molecular flexibility index (Phi) is 5.17. The Morgan fingerprint density at radius 2 is 2.12 bits per heavy atom. The third-order valence-corrected chi connectivity index (χ3v) is 4.52. The topological polar surface area (TPSA) is 41.9 Å². The SMILES string of the molecule is CCC1CN(Cc2ccc(OC)c(O)c2)Cc2ccc(Cl)cc2O1. The molecule has 1 unspecified atom stereocenters. The summed E-state index contributed by atoms with van der Waals surface area (Å²) in [5.41, 5.74) is 2.17. The third kappa shape index (κ3) is 3.77. The molecule has 0 radical (unpaired) electrons. The van der Waals surface area contributed by atoms with Gasteiger partial charge < -0.3 is 14.6 Å². The molecule has 0 amide bonds. The van der Waals surface area contributed by atoms with Crippen LogP contribution in [0, 0.1) is 0 Å². The molecular formula is C19H22ClNO3. The zero-order valence-corrected chi connectivity index (χ0v) is 14.7. The van der Waals surface area contributed by atoms with E-state index in [4.69, 9.17) is 21.1 Å². The first-order valence-corrected chi connectivity index (χ1v) is 8.50. The average Bonchev–Trinajstić information content (AvgIpc) is 2.73. The summed E-state index contributed by atoms with van der Waals surface area (Å²) >= 11 is 6.10. The molecule has 1 heterocycles. The molecule has 1 atom stereocenters. The minimum Gasteiger partial charge on any atom is -0.504 e. The van der Waals surface area contributed by atoms with Gasteiger partial charge in [-0.2, -0.15) is 0 Å². The van der Waals surface area contributed by atoms with Gasteiger partial charge in [0.05, 0.1) is 7.11 Å². The first-order valence-electron chi connectivity index (χ1n) is 8.12. The van der Waals surface area contributed by atoms with E-state index >= 15 is 0 Å². The van der Waals surface area contributed by atoms with E-state index < -0.39 is 0 Å². The van der Waals surface area contributed by atoms with Crippen LogP contribution in [0.3, 0.4) is 0 Å². The fraction of sp³-hybridized carbons (Fsp3) is 0.368. The second-order valence-corrected chi connectivity index (χ2v) is 6.51. The van der Waals surface area contributed by atoms with Gasteiger partial charge in [0.2, 0.25) is 0 Å². The molecule has 0 aromatic heterocycles. The van der Waals surface area contributed by atoms with Crippen molar-refractivity contribution in [3.05, 3.63) is 52.5 Å². The predicted octanol–water partition coefficient (Wildman–Crippen LogP) is 4.23. The van der Waals surface area contributed by atoms with Crippen molar-refractivity contribution in [2.24, 2.45) is 0 Å². The van der Waals surface area contributed by atoms with Crippen molar-refractivity contribution in [2.75, 3.05) is 13.7 Å². The van der Waals surface area contributed by atoms with E-state index in [0.717, 1.165) is 42.9 Å². The molecule has 0 spiro atoms. The highest BCUT2D eigenvalue weighted by atomic mass is 35.5. The molecule has 1 aliphatic rings. The summed E-state index contributed by atoms with van der Waals surface area (Å²) in [6, 6.07) is 11.3. The van der Waals surface area contributed by atoms with Crippen LogP contribution in [0.15, 0.2) is 36.4 Å². The molecule has 3 rings (SSSR count). The summed E-state index contributed by atoms with van der Waals surface area (Å²) < 4.78 is 11.2. The number of hydrogen-bond donors (Lipinski definition) is 1. The highest BCUT2D eigenvalue weighted by Gasteiger charge is 2.22. The van der Waals surface area contributed by atoms with Crippen LogP contribution in [0.25, 0.3) is 0 Å². The summed E-state index contributed by atoms with van der Waals surface area (Å²) in [7, 11) is 1.55. The highest BCUT2D eigenvalue weighted by molar-refractivity contribution is 6.30. The fourth-order valence-electron chi connectivity index (χ4n) is 3.00. The van der Waals surface area contributed by atoms with E-state index in [9.17, 15) is 5.11 Å². The number of ether oxygens (including phenoxy) is 2. The van der Waals surface area contributed by atoms with Gasteiger partial charge in [-0.25, -0.2) is 0 Å². The number of nitrogens with zero attached hydrogens (tertiary/aromatic N) is 1. The molecule has 1 N–H and O–H groups in total. The third-order valence-electron chi connectivity index (χ3n) is 4.28. The Balaban J connectivity index is 1.82. The summed E-state index contributed by atoms with van der Waals surface area (Å²) in [4.78, 5) is 2.33. The standard InChI is InChI=1S/C19H22ClNO3/c1-3-16-12-21(10-13-4-7-18(23-2)17(22)8-13)11-14-5-6-15(20)9-19(14)24-16/h4-9,16,22H,3,10-12H2,1-2H3. The lowest BCUT2D eigenvalue weighted by molar-refractivity contribution is 0.139. The molecular weight excluding hydrogens is 326 g/mol. The number of benzene rings is 2. The van der Waals surface area contributed by atoms with E-state index in [0.29, 0.717) is 10.8 Å². The van der Waals surface area contributed by atoms with Gasteiger partial charge in [-0.1, -0.05) is 30.7 Å². The molecule has 24 heavy (non-hydrogen) atoms. The maximum absolute atomic E-state index is 9.98. The first-order chi connectivity index (χ1) is 11.6. The van der Waals surface area contributed by atoms with Gasteiger partial charge in [0.15, 0.2) is 11.5 Å². The normalized spacial score (nSPS) is 17.7. The molecule has 0 aliphatic carbocycles. The summed E-state index contributed by atoms with van der Waals surface area (Å²) in [5.74, 6) is 1.53. The van der Waals surface area contributed by atoms with Crippen LogP contribution in [0.5, 0.6) is 17.2 Å². The lowest BCUT2D eigenvalue weighted by Gasteiger charge is -2.23. The van der Waals surface area contributed by atoms with Crippen molar-refractivity contribution >= 4 is 11.6 Å². The number of phenols is 1. The van der Waals surface area contributed by atoms with Crippen molar-refractivity contribution in [1.29, 1.82) is 0 Å². The monoisotopic (exact) mass is 347 g/mol. The highest BCUT2D eigenvalue weighted by Crippen LogP contribution is 2.31. The molecule has 0 fully saturated rings. The Bertz CT molecular complexity index is 720. The van der Waals surface area contributed by atoms with Gasteiger partial charge in [-0.05, 0) is 36.2 Å². The molecule has 0 saturated heterocycles. The van der Waals surface area contributed by atoms with E-state index in [-0.39, 0.29) is 11.9 Å². The van der Waals surface area contributed by atoms with Crippen LogP contribution in [0.4, 0.5) is 0 Å². The first kappa shape index (κ1) is 16.9. The fourth-order valence-corrected chi connectivity index (χ4v) is 3.17. The van der Waals surface area contributed by atoms with Crippen LogP contribution < -0.4 is 9.47 Å². The van der Waals surface area contributed by atoms with Gasteiger partial charge in [-0.3, -0.25) is 4.90 Å². The van der Waals surface area contributed by atoms with E-state index in [1.807, 2.05) is 24.3 Å². The predicted molar refractivity (Wildman–Crippen MR) is 94.9 cm³/mol. The number of hydrogen-bond acceptors (Lipinski definition) is 4. The minimum atomic E-state index is 0.122. The number of halogens is 1. The largest absolute Gasteiger partial charge is 0.504 e. The Morgan fingerprint density at radius 3 is 2.83 bits per heavy atom. The Morgan fingerprint density at radius 1 is 1.29 bits per heavy atom. The number of rotatable bonds is 4. The smallest absolute Gasteiger partial charge is 0.160 e. The van der Waals surface area contributed by atoms with Crippen LogP contribution in [-0.4, -0.2) is 29.8 Å². The zero-order valence-electron chi connectivity index (χ0n) is 14.0. The Labute approximate surface area is 147 Å². The Hall–Kier alpha value is -1.91. The van der Waals surface area contributed by atoms with Gasteiger partial charge in [0, 0.05) is 30.2 Å². The van der Waals surface area contributed by atoms with Crippen molar-refractivity contribution in [3.8, 4) is 17.2 Å². The number of phenolic OH excluding ortho intramolecular Hbond substituents is 1. The van der Waals surface area contributed by atoms with Crippen molar-refractivity contribution in [3.63, 3.8) is 0 Å². The molecule has 5 heteroatoms. The zero-order chi connectivity index (χ0) is 17.1. The maximum Gasteiger partial charge on any atom is 0.160 e. The molecule has 0 bridgehead atoms.